The predicted molar refractivity (Wildman–Crippen MR) is 260 cm³/mol. The molecule has 0 rings (SSSR count). The molecule has 0 saturated carbocycles. The van der Waals surface area contributed by atoms with Crippen molar-refractivity contribution >= 4 is 56.2 Å². The minimum absolute atomic E-state index is 0.104. The van der Waals surface area contributed by atoms with E-state index in [2.05, 4.69) is 31.1 Å². The van der Waals surface area contributed by atoms with Gasteiger partial charge in [-0.25, -0.2) is 0 Å². The molecule has 4 atom stereocenters. The zero-order valence-electron chi connectivity index (χ0n) is 38.5. The van der Waals surface area contributed by atoms with Gasteiger partial charge in [-0.05, 0) is 66.0 Å². The molecule has 0 saturated heterocycles. The van der Waals surface area contributed by atoms with Gasteiger partial charge in [0.05, 0.1) is 0 Å². The van der Waals surface area contributed by atoms with E-state index in [1.807, 2.05) is 37.7 Å². The first kappa shape index (κ1) is 63.2. The number of nitrogens with two attached hydrogens (primary N) is 4. The number of likely N-dealkylation sites (N-methyl/N-ethyl adjacent to an activating group) is 2. The molecule has 0 aliphatic carbocycles. The van der Waals surface area contributed by atoms with E-state index in [0.717, 1.165) is 0 Å². The van der Waals surface area contributed by atoms with Crippen molar-refractivity contribution in [3.05, 3.63) is 0 Å². The van der Waals surface area contributed by atoms with Gasteiger partial charge in [-0.3, -0.25) is 38.8 Å². The van der Waals surface area contributed by atoms with Crippen molar-refractivity contribution < 1.29 is 38.8 Å². The third kappa shape index (κ3) is 40.6. The summed E-state index contributed by atoms with van der Waals surface area (Å²) in [6.07, 6.45) is 6.70. The molecule has 4 amide bonds. The Morgan fingerprint density at radius 3 is 0.887 bits per heavy atom. The minimum atomic E-state index is -1.51. The number of hydrogen-bond acceptors (Lipinski definition) is 16. The van der Waals surface area contributed by atoms with E-state index in [-0.39, 0.29) is 49.3 Å². The van der Waals surface area contributed by atoms with E-state index < -0.39 is 32.6 Å². The third-order valence-corrected chi connectivity index (χ3v) is 15.1. The molecule has 368 valence electrons. The number of carbonyl (C=O) groups excluding carboxylic acids is 4. The molecule has 0 aromatic rings. The van der Waals surface area contributed by atoms with Gasteiger partial charge in [0.1, 0.15) is 0 Å². The molecule has 0 radical (unpaired) electrons. The lowest BCUT2D eigenvalue weighted by atomic mass is 10.4. The summed E-state index contributed by atoms with van der Waals surface area (Å²) < 4.78 is 0. The second kappa shape index (κ2) is 44.0. The first-order valence-electron chi connectivity index (χ1n) is 22.2. The van der Waals surface area contributed by atoms with Crippen molar-refractivity contribution in [1.82, 2.24) is 40.9 Å². The van der Waals surface area contributed by atoms with Crippen LogP contribution in [0.25, 0.3) is 0 Å². The Labute approximate surface area is 378 Å². The second-order valence-corrected chi connectivity index (χ2v) is 21.8. The first-order valence-corrected chi connectivity index (χ1v) is 28.8. The Morgan fingerprint density at radius 2 is 0.645 bits per heavy atom. The van der Waals surface area contributed by atoms with Crippen LogP contribution in [0.1, 0.15) is 65.2 Å². The van der Waals surface area contributed by atoms with Gasteiger partial charge < -0.3 is 63.8 Å². The molecule has 0 aromatic carbocycles. The Morgan fingerprint density at radius 1 is 0.419 bits per heavy atom. The van der Waals surface area contributed by atoms with Crippen LogP contribution >= 0.6 is 32.6 Å². The van der Waals surface area contributed by atoms with Crippen LogP contribution in [0.15, 0.2) is 0 Å². The molecule has 20 nitrogen and oxygen atoms in total. The summed E-state index contributed by atoms with van der Waals surface area (Å²) in [4.78, 5) is 101. The maximum atomic E-state index is 12.4. The molecule has 4 unspecified atom stereocenters. The Balaban J connectivity index is 0. The van der Waals surface area contributed by atoms with Gasteiger partial charge >= 0.3 is 0 Å². The topological polar surface area (TPSA) is 314 Å². The fourth-order valence-electron chi connectivity index (χ4n) is 5.45. The fourth-order valence-corrected chi connectivity index (χ4v) is 10.7. The quantitative estimate of drug-likeness (QED) is 0.0266. The average Bonchev–Trinajstić information content (AvgIpc) is 3.24. The minimum Gasteiger partial charge on any atom is -0.372 e. The molecule has 0 aliphatic heterocycles. The summed E-state index contributed by atoms with van der Waals surface area (Å²) in [5, 5.41) is 11.3. The molecule has 16 N–H and O–H groups in total. The number of nitrogens with one attached hydrogen (secondary N) is 4. The molecular weight excluding hydrogens is 876 g/mol. The fraction of sp³-hybridized carbons (Fsp3) is 0.895. The number of carbonyl (C=O) groups is 4. The van der Waals surface area contributed by atoms with Crippen molar-refractivity contribution in [2.75, 3.05) is 156 Å². The maximum absolute atomic E-state index is 12.4. The lowest BCUT2D eigenvalue weighted by Gasteiger charge is -2.32. The van der Waals surface area contributed by atoms with E-state index in [9.17, 15) is 38.8 Å². The van der Waals surface area contributed by atoms with Crippen LogP contribution in [0, 0.1) is 0 Å². The molecule has 0 heterocycles. The van der Waals surface area contributed by atoms with Gasteiger partial charge in [-0.15, -0.1) is 0 Å². The van der Waals surface area contributed by atoms with E-state index in [1.54, 1.807) is 0 Å². The monoisotopic (exact) mass is 965 g/mol. The molecule has 62 heavy (non-hydrogen) atoms. The van der Waals surface area contributed by atoms with Gasteiger partial charge in [0.15, 0.2) is 0 Å². The summed E-state index contributed by atoms with van der Waals surface area (Å²) in [6, 6.07) is 0. The van der Waals surface area contributed by atoms with E-state index in [0.29, 0.717) is 167 Å². The third-order valence-electron chi connectivity index (χ3n) is 9.06. The van der Waals surface area contributed by atoms with Crippen LogP contribution in [0.5, 0.6) is 0 Å². The molecule has 0 spiro atoms. The molecule has 0 bridgehead atoms. The SMILES string of the molecule is CC.CN(CCN(CCN(CCN(C)CP(O)CCC(=O)NCCCN)CP(O)CCC(=O)NCCCN)CP(O)CCC(=O)NCCCN)CP(O)CCC(=O)NCCCN. The zero-order valence-corrected chi connectivity index (χ0v) is 42.1. The highest BCUT2D eigenvalue weighted by atomic mass is 31.1. The van der Waals surface area contributed by atoms with Crippen LogP contribution in [0.4, 0.5) is 0 Å². The number of rotatable bonds is 41. The molecule has 0 fully saturated rings. The molecule has 0 aromatic heterocycles. The van der Waals surface area contributed by atoms with Crippen molar-refractivity contribution in [3.63, 3.8) is 0 Å². The highest BCUT2D eigenvalue weighted by Gasteiger charge is 2.20. The van der Waals surface area contributed by atoms with E-state index in [4.69, 9.17) is 22.9 Å². The number of nitrogens with zero attached hydrogens (tertiary/aromatic N) is 4. The molecule has 24 heteroatoms. The summed E-state index contributed by atoms with van der Waals surface area (Å²) in [7, 11) is -1.98. The van der Waals surface area contributed by atoms with Crippen LogP contribution < -0.4 is 44.2 Å². The van der Waals surface area contributed by atoms with E-state index in [1.165, 1.54) is 0 Å². The van der Waals surface area contributed by atoms with Gasteiger partial charge in [0, 0.05) is 174 Å². The Bertz CT molecular complexity index is 1040. The summed E-state index contributed by atoms with van der Waals surface area (Å²) in [5.41, 5.74) is 22.1. The Kier molecular flexibility index (Phi) is 44.8. The van der Waals surface area contributed by atoms with Crippen LogP contribution in [0.2, 0.25) is 0 Å². The predicted octanol–water partition coefficient (Wildman–Crippen LogP) is -0.713. The van der Waals surface area contributed by atoms with E-state index >= 15 is 0 Å². The molecular formula is C38H88N12O8P4. The largest absolute Gasteiger partial charge is 0.372 e. The summed E-state index contributed by atoms with van der Waals surface area (Å²) in [5.74, 6) is -0.463. The van der Waals surface area contributed by atoms with Crippen molar-refractivity contribution in [2.45, 2.75) is 65.2 Å². The zero-order chi connectivity index (χ0) is 47.0. The van der Waals surface area contributed by atoms with Gasteiger partial charge in [0.25, 0.3) is 0 Å². The van der Waals surface area contributed by atoms with Crippen molar-refractivity contribution in [1.29, 1.82) is 0 Å². The highest BCUT2D eigenvalue weighted by Crippen LogP contribution is 2.34. The van der Waals surface area contributed by atoms with Gasteiger partial charge in [0.2, 0.25) is 23.6 Å². The average molecular weight is 965 g/mol. The lowest BCUT2D eigenvalue weighted by molar-refractivity contribution is -0.121. The number of hydrogen-bond donors (Lipinski definition) is 12. The highest BCUT2D eigenvalue weighted by molar-refractivity contribution is 7.52. The summed E-state index contributed by atoms with van der Waals surface area (Å²) >= 11 is 0. The second-order valence-electron chi connectivity index (χ2n) is 14.9. The number of amides is 4. The standard InChI is InChI=1S/C36H82N12O8P4.C2H6/c1-45(29-57(53)25-7-33(49)41-15-3-11-37)19-21-47(31-59(55)27-9-35(51)43-17-5-13-39)23-24-48(32-60(56)28-10-36(52)44-18-6-14-40)22-20-46(2)30-58(54)26-8-34(50)42-16-4-12-38;1-2/h53-56H,3-32,37-40H2,1-2H3,(H,41,49)(H,42,50)(H,43,51)(H,44,52);1-2H3. The van der Waals surface area contributed by atoms with Gasteiger partial charge in [-0.2, -0.15) is 0 Å². The Hall–Kier alpha value is -0.880. The first-order chi connectivity index (χ1) is 29.7. The molecule has 0 aliphatic rings. The van der Waals surface area contributed by atoms with Crippen LogP contribution in [-0.4, -0.2) is 218 Å². The van der Waals surface area contributed by atoms with Gasteiger partial charge in [-0.1, -0.05) is 13.8 Å². The van der Waals surface area contributed by atoms with Crippen molar-refractivity contribution in [2.24, 2.45) is 22.9 Å². The summed E-state index contributed by atoms with van der Waals surface area (Å²) in [6.45, 7) is 11.4. The van der Waals surface area contributed by atoms with Crippen molar-refractivity contribution in [3.8, 4) is 0 Å². The smallest absolute Gasteiger partial charge is 0.220 e. The normalized spacial score (nSPS) is 13.4. The van der Waals surface area contributed by atoms with Crippen LogP contribution in [0.3, 0.4) is 0 Å². The maximum Gasteiger partial charge on any atom is 0.220 e. The lowest BCUT2D eigenvalue weighted by Crippen LogP contribution is -2.41. The van der Waals surface area contributed by atoms with Crippen LogP contribution in [-0.2, 0) is 19.2 Å².